The van der Waals surface area contributed by atoms with Crippen molar-refractivity contribution in [2.45, 2.75) is 299 Å². The van der Waals surface area contributed by atoms with Crippen LogP contribution in [0.4, 0.5) is 0 Å². The van der Waals surface area contributed by atoms with Gasteiger partial charge in [0.25, 0.3) is 0 Å². The van der Waals surface area contributed by atoms with Crippen molar-refractivity contribution in [3.63, 3.8) is 0 Å². The van der Waals surface area contributed by atoms with E-state index in [-0.39, 0.29) is 151 Å². The predicted molar refractivity (Wildman–Crippen MR) is 383 cm³/mol. The fraction of sp³-hybridized carbons (Fsp3) is 0.877. The van der Waals surface area contributed by atoms with E-state index in [1.165, 1.54) is 6.92 Å². The van der Waals surface area contributed by atoms with Crippen molar-refractivity contribution in [2.24, 2.45) is 11.8 Å². The normalized spacial score (nSPS) is 24.9. The van der Waals surface area contributed by atoms with Gasteiger partial charge in [0.1, 0.15) is 66.1 Å². The summed E-state index contributed by atoms with van der Waals surface area (Å²) in [5.74, 6) is -3.18. The molecule has 0 radical (unpaired) electrons. The molecule has 32 nitrogen and oxygen atoms in total. The largest absolute Gasteiger partial charge is 0.394 e. The maximum Gasteiger partial charge on any atom is 0.234 e. The zero-order valence-corrected chi connectivity index (χ0v) is 62.9. The third-order valence-electron chi connectivity index (χ3n) is 19.2. The van der Waals surface area contributed by atoms with Crippen molar-refractivity contribution in [2.75, 3.05) is 99.2 Å². The van der Waals surface area contributed by atoms with Crippen LogP contribution in [0.15, 0.2) is 0 Å². The molecule has 608 valence electrons. The molecule has 6 amide bonds. The minimum atomic E-state index is -1.45. The summed E-state index contributed by atoms with van der Waals surface area (Å²) in [5, 5.41) is 107. The number of aliphatic hydroxyl groups excluding tert-OH is 9. The molecule has 0 spiro atoms. The molecule has 3 aliphatic heterocycles. The Morgan fingerprint density at radius 2 is 0.752 bits per heavy atom. The number of rotatable bonds is 61. The molecule has 0 aromatic carbocycles. The van der Waals surface area contributed by atoms with Crippen LogP contribution in [-0.2, 0) is 76.3 Å². The fourth-order valence-electron chi connectivity index (χ4n) is 12.7. The van der Waals surface area contributed by atoms with Crippen molar-refractivity contribution < 1.29 is 122 Å². The second-order valence-corrected chi connectivity index (χ2v) is 28.1. The molecule has 0 aliphatic carbocycles. The Balaban J connectivity index is 1.60. The van der Waals surface area contributed by atoms with Gasteiger partial charge in [0.05, 0.1) is 51.2 Å². The van der Waals surface area contributed by atoms with E-state index in [9.17, 15) is 89.1 Å². The highest BCUT2D eigenvalue weighted by Gasteiger charge is 2.46. The first kappa shape index (κ1) is 94.4. The zero-order chi connectivity index (χ0) is 77.3. The number of aliphatic hydroxyl groups is 9. The van der Waals surface area contributed by atoms with Crippen LogP contribution in [0, 0.1) is 11.8 Å². The smallest absolute Gasteiger partial charge is 0.234 e. The lowest BCUT2D eigenvalue weighted by atomic mass is 9.92. The van der Waals surface area contributed by atoms with Crippen LogP contribution in [-0.4, -0.2) is 289 Å². The van der Waals surface area contributed by atoms with Gasteiger partial charge >= 0.3 is 0 Å². The van der Waals surface area contributed by atoms with E-state index in [2.05, 4.69) is 31.9 Å². The molecule has 0 saturated carbocycles. The summed E-state index contributed by atoms with van der Waals surface area (Å²) in [6.45, 7) is 5.04. The lowest BCUT2D eigenvalue weighted by Gasteiger charge is -2.42. The van der Waals surface area contributed by atoms with Crippen LogP contribution in [0.3, 0.4) is 0 Å². The molecular formula is C73H131N7O25. The van der Waals surface area contributed by atoms with Gasteiger partial charge in [-0.3, -0.25) is 48.1 Å². The predicted octanol–water partition coefficient (Wildman–Crippen LogP) is 0.438. The van der Waals surface area contributed by atoms with Crippen LogP contribution < -0.4 is 31.9 Å². The second kappa shape index (κ2) is 56.4. The van der Waals surface area contributed by atoms with Crippen LogP contribution in [0.2, 0.25) is 0 Å². The molecule has 0 aromatic rings. The van der Waals surface area contributed by atoms with E-state index in [0.29, 0.717) is 116 Å². The van der Waals surface area contributed by atoms with Crippen molar-refractivity contribution in [3.8, 4) is 0 Å². The van der Waals surface area contributed by atoms with E-state index >= 15 is 0 Å². The van der Waals surface area contributed by atoms with E-state index in [4.69, 9.17) is 33.2 Å². The van der Waals surface area contributed by atoms with Crippen molar-refractivity contribution >= 4 is 52.8 Å². The lowest BCUT2D eigenvalue weighted by Crippen LogP contribution is -2.64. The highest BCUT2D eigenvalue weighted by atomic mass is 16.7. The molecule has 3 heterocycles. The summed E-state index contributed by atoms with van der Waals surface area (Å²) >= 11 is 0. The second-order valence-electron chi connectivity index (χ2n) is 28.1. The van der Waals surface area contributed by atoms with Gasteiger partial charge in [-0.15, -0.1) is 0 Å². The topological polar surface area (TPSA) is 476 Å². The molecule has 3 aliphatic rings. The number of unbranched alkanes of at least 4 members (excludes halogenated alkanes) is 12. The SMILES string of the molecule is COCCCCCCCC(=O)CCCC(=O)NCCCCC(C(=O)CCCCNC(=O)CCCCCO[C@@H]1OC(CO)[C@H](O)C(O)[C@@H]1C)N(CC(=O)CCCNC(=O)CCCCCO[C@@H]1OC(CO)[C@H](O)C(O)[C@@H]1NC(C)=O)CC(=O)NCCCNC(=O)CCCCCO[C@@H]1OC(CO)[C@H](O)[C@H](O)C1C. The van der Waals surface area contributed by atoms with E-state index < -0.39 is 129 Å². The highest BCUT2D eigenvalue weighted by molar-refractivity contribution is 5.88. The lowest BCUT2D eigenvalue weighted by molar-refractivity contribution is -0.282. The number of nitrogens with zero attached hydrogens (tertiary/aromatic N) is 1. The number of carbonyl (C=O) groups is 9. The number of ether oxygens (including phenoxy) is 7. The summed E-state index contributed by atoms with van der Waals surface area (Å²) < 4.78 is 39.2. The number of hydrogen-bond donors (Lipinski definition) is 15. The summed E-state index contributed by atoms with van der Waals surface area (Å²) in [4.78, 5) is 119. The Kier molecular flexibility index (Phi) is 50.7. The van der Waals surface area contributed by atoms with E-state index in [1.807, 2.05) is 0 Å². The number of hydrogen-bond acceptors (Lipinski definition) is 26. The molecule has 15 N–H and O–H groups in total. The highest BCUT2D eigenvalue weighted by Crippen LogP contribution is 2.29. The van der Waals surface area contributed by atoms with E-state index in [0.717, 1.165) is 38.7 Å². The average Bonchev–Trinajstić information content (AvgIpc) is 0.827. The van der Waals surface area contributed by atoms with Crippen LogP contribution >= 0.6 is 0 Å². The number of amides is 6. The molecular weight excluding hydrogens is 1370 g/mol. The first-order valence-electron chi connectivity index (χ1n) is 38.6. The molecule has 3 rings (SSSR count). The van der Waals surface area contributed by atoms with Crippen molar-refractivity contribution in [1.29, 1.82) is 0 Å². The summed E-state index contributed by atoms with van der Waals surface area (Å²) in [6, 6.07) is -1.98. The molecule has 32 heteroatoms. The molecule has 16 atom stereocenters. The number of nitrogens with one attached hydrogen (secondary N) is 6. The van der Waals surface area contributed by atoms with Crippen molar-refractivity contribution in [3.05, 3.63) is 0 Å². The van der Waals surface area contributed by atoms with Crippen molar-refractivity contribution in [1.82, 2.24) is 36.8 Å². The molecule has 0 aromatic heterocycles. The monoisotopic (exact) mass is 1510 g/mol. The Morgan fingerprint density at radius 3 is 1.25 bits per heavy atom. The number of methoxy groups -OCH3 is 1. The molecule has 3 saturated heterocycles. The molecule has 3 fully saturated rings. The number of ketones is 3. The Labute approximate surface area is 619 Å². The molecule has 0 bridgehead atoms. The molecule has 7 unspecified atom stereocenters. The van der Waals surface area contributed by atoms with Gasteiger partial charge in [-0.2, -0.15) is 0 Å². The quantitative estimate of drug-likeness (QED) is 0.0367. The van der Waals surface area contributed by atoms with Crippen LogP contribution in [0.25, 0.3) is 0 Å². The summed E-state index contributed by atoms with van der Waals surface area (Å²) in [6.07, 6.45) is 1.30. The maximum absolute atomic E-state index is 14.5. The standard InChI is InChI=1S/C73H131N7O25/c1-49-65(93)67(95)56(46-81)103-71(49)100-41-20-8-12-31-59(88)74-36-18-16-30-55(87)54(29-15-17-35-75-62(91)34-23-27-52(85)26-11-6-5-7-19-40-99-4)80(45-63(92)78-39-25-38-77-61(90)33-13-9-21-42-101-72-50(2)66(94)68(96)57(47-82)104-72)44-53(86)28-24-37-76-60(89)32-14-10-22-43-102-73-64(79-51(3)84)70(98)69(97)58(48-83)105-73/h49-50,54,56-58,64-73,81-83,93-98H,5-48H2,1-4H3,(H,74,88)(H,75,91)(H,76,89)(H,77,90)(H,78,92)(H,79,84)/t49-,50?,54?,56?,57?,58?,64-,65?,66+,67-,68-,69-,70?,71+,72+,73+/m0/s1. The van der Waals surface area contributed by atoms with Gasteiger partial charge < -0.3 is 111 Å². The third kappa shape index (κ3) is 39.4. The minimum Gasteiger partial charge on any atom is -0.394 e. The fourth-order valence-corrected chi connectivity index (χ4v) is 12.7. The third-order valence-corrected chi connectivity index (χ3v) is 19.2. The van der Waals surface area contributed by atoms with Gasteiger partial charge in [0, 0.05) is 136 Å². The van der Waals surface area contributed by atoms with Gasteiger partial charge in [0.15, 0.2) is 18.9 Å². The first-order valence-corrected chi connectivity index (χ1v) is 38.6. The Bertz CT molecular complexity index is 2460. The number of carbonyl (C=O) groups excluding carboxylic acids is 9. The van der Waals surface area contributed by atoms with Gasteiger partial charge in [0.2, 0.25) is 35.4 Å². The Morgan fingerprint density at radius 1 is 0.381 bits per heavy atom. The summed E-state index contributed by atoms with van der Waals surface area (Å²) in [7, 11) is 1.67. The van der Waals surface area contributed by atoms with Crippen LogP contribution in [0.5, 0.6) is 0 Å². The summed E-state index contributed by atoms with van der Waals surface area (Å²) in [5.41, 5.74) is 0. The zero-order valence-electron chi connectivity index (χ0n) is 62.9. The maximum atomic E-state index is 14.5. The first-order chi connectivity index (χ1) is 50.5. The van der Waals surface area contributed by atoms with E-state index in [1.54, 1.807) is 25.9 Å². The molecule has 105 heavy (non-hydrogen) atoms. The van der Waals surface area contributed by atoms with Gasteiger partial charge in [-0.25, -0.2) is 0 Å². The van der Waals surface area contributed by atoms with Crippen LogP contribution in [0.1, 0.15) is 213 Å². The van der Waals surface area contributed by atoms with Gasteiger partial charge in [-0.1, -0.05) is 52.4 Å². The minimum absolute atomic E-state index is 0.00467. The average molecular weight is 1510 g/mol. The number of Topliss-reactive ketones (excluding diaryl/α,β-unsaturated/α-hetero) is 3. The Hall–Kier alpha value is -4.85. The van der Waals surface area contributed by atoms with Gasteiger partial charge in [-0.05, 0) is 103 Å².